The molecule has 2 aromatic rings. The first kappa shape index (κ1) is 21.6. The van der Waals surface area contributed by atoms with Crippen LogP contribution in [0.25, 0.3) is 0 Å². The molecule has 0 saturated carbocycles. The predicted molar refractivity (Wildman–Crippen MR) is 112 cm³/mol. The highest BCUT2D eigenvalue weighted by Crippen LogP contribution is 2.23. The van der Waals surface area contributed by atoms with E-state index in [1.807, 2.05) is 4.90 Å². The van der Waals surface area contributed by atoms with Crippen LogP contribution in [-0.4, -0.2) is 56.6 Å². The van der Waals surface area contributed by atoms with Gasteiger partial charge in [-0.15, -0.1) is 0 Å². The highest BCUT2D eigenvalue weighted by Gasteiger charge is 2.23. The Morgan fingerprint density at radius 2 is 1.70 bits per heavy atom. The number of benzene rings is 2. The van der Waals surface area contributed by atoms with Gasteiger partial charge in [-0.05, 0) is 37.1 Å². The molecule has 1 fully saturated rings. The molecule has 160 valence electrons. The first-order valence-corrected chi connectivity index (χ1v) is 9.79. The summed E-state index contributed by atoms with van der Waals surface area (Å²) < 4.78 is 24.1. The Kier molecular flexibility index (Phi) is 7.24. The van der Waals surface area contributed by atoms with Crippen LogP contribution in [0.4, 0.5) is 10.1 Å². The summed E-state index contributed by atoms with van der Waals surface area (Å²) in [6.45, 7) is 1.51. The SMILES string of the molecule is COc1cc(OC)cc(C(=O)NC2CCN(CC(=O)Nc3ccccc3F)CC2)c1. The van der Waals surface area contributed by atoms with Gasteiger partial charge in [-0.2, -0.15) is 0 Å². The lowest BCUT2D eigenvalue weighted by molar-refractivity contribution is -0.117. The second kappa shape index (κ2) is 10.1. The highest BCUT2D eigenvalue weighted by molar-refractivity contribution is 5.95. The number of methoxy groups -OCH3 is 2. The molecule has 1 saturated heterocycles. The number of carbonyl (C=O) groups excluding carboxylic acids is 2. The van der Waals surface area contributed by atoms with Crippen LogP contribution in [0.15, 0.2) is 42.5 Å². The topological polar surface area (TPSA) is 79.9 Å². The second-order valence-electron chi connectivity index (χ2n) is 7.15. The maximum Gasteiger partial charge on any atom is 0.251 e. The van der Waals surface area contributed by atoms with Gasteiger partial charge in [0.1, 0.15) is 17.3 Å². The number of amides is 2. The van der Waals surface area contributed by atoms with Gasteiger partial charge in [-0.3, -0.25) is 14.5 Å². The summed E-state index contributed by atoms with van der Waals surface area (Å²) in [5, 5.41) is 5.63. The minimum atomic E-state index is -0.457. The normalized spacial score (nSPS) is 14.8. The zero-order valence-corrected chi connectivity index (χ0v) is 17.1. The highest BCUT2D eigenvalue weighted by atomic mass is 19.1. The third-order valence-electron chi connectivity index (χ3n) is 5.05. The van der Waals surface area contributed by atoms with Crippen LogP contribution < -0.4 is 20.1 Å². The third-order valence-corrected chi connectivity index (χ3v) is 5.05. The molecule has 0 aromatic heterocycles. The lowest BCUT2D eigenvalue weighted by Gasteiger charge is -2.31. The molecule has 2 amide bonds. The Morgan fingerprint density at radius 1 is 1.07 bits per heavy atom. The van der Waals surface area contributed by atoms with E-state index in [0.29, 0.717) is 30.2 Å². The van der Waals surface area contributed by atoms with Crippen LogP contribution in [-0.2, 0) is 4.79 Å². The van der Waals surface area contributed by atoms with E-state index in [9.17, 15) is 14.0 Å². The Labute approximate surface area is 175 Å². The van der Waals surface area contributed by atoms with E-state index in [-0.39, 0.29) is 30.1 Å². The average Bonchev–Trinajstić information content (AvgIpc) is 2.76. The molecule has 1 aliphatic heterocycles. The zero-order valence-electron chi connectivity index (χ0n) is 17.1. The van der Waals surface area contributed by atoms with Gasteiger partial charge < -0.3 is 20.1 Å². The van der Waals surface area contributed by atoms with Crippen LogP contribution in [0.2, 0.25) is 0 Å². The Hall–Kier alpha value is -3.13. The Bertz CT molecular complexity index is 875. The summed E-state index contributed by atoms with van der Waals surface area (Å²) in [6.07, 6.45) is 1.44. The molecule has 0 spiro atoms. The zero-order chi connectivity index (χ0) is 21.5. The number of likely N-dealkylation sites (tertiary alicyclic amines) is 1. The number of ether oxygens (including phenoxy) is 2. The number of piperidine rings is 1. The largest absolute Gasteiger partial charge is 0.497 e. The van der Waals surface area contributed by atoms with Crippen molar-refractivity contribution in [3.05, 3.63) is 53.8 Å². The van der Waals surface area contributed by atoms with Crippen molar-refractivity contribution in [2.45, 2.75) is 18.9 Å². The van der Waals surface area contributed by atoms with Gasteiger partial charge in [-0.1, -0.05) is 12.1 Å². The van der Waals surface area contributed by atoms with E-state index in [0.717, 1.165) is 12.8 Å². The minimum Gasteiger partial charge on any atom is -0.497 e. The fourth-order valence-electron chi connectivity index (χ4n) is 3.40. The third kappa shape index (κ3) is 5.70. The smallest absolute Gasteiger partial charge is 0.251 e. The van der Waals surface area contributed by atoms with Crippen molar-refractivity contribution < 1.29 is 23.5 Å². The van der Waals surface area contributed by atoms with Gasteiger partial charge >= 0.3 is 0 Å². The van der Waals surface area contributed by atoms with Crippen LogP contribution in [0, 0.1) is 5.82 Å². The van der Waals surface area contributed by atoms with E-state index in [2.05, 4.69) is 10.6 Å². The van der Waals surface area contributed by atoms with E-state index >= 15 is 0 Å². The molecular weight excluding hydrogens is 389 g/mol. The summed E-state index contributed by atoms with van der Waals surface area (Å²) in [5.74, 6) is 0.195. The molecule has 7 nitrogen and oxygen atoms in total. The van der Waals surface area contributed by atoms with Crippen molar-refractivity contribution in [1.29, 1.82) is 0 Å². The van der Waals surface area contributed by atoms with Crippen molar-refractivity contribution in [1.82, 2.24) is 10.2 Å². The van der Waals surface area contributed by atoms with Crippen molar-refractivity contribution >= 4 is 17.5 Å². The van der Waals surface area contributed by atoms with Crippen molar-refractivity contribution in [2.75, 3.05) is 39.2 Å². The van der Waals surface area contributed by atoms with Crippen molar-refractivity contribution in [2.24, 2.45) is 0 Å². The Balaban J connectivity index is 1.48. The number of hydrogen-bond donors (Lipinski definition) is 2. The molecule has 2 aromatic carbocycles. The lowest BCUT2D eigenvalue weighted by Crippen LogP contribution is -2.46. The second-order valence-corrected chi connectivity index (χ2v) is 7.15. The van der Waals surface area contributed by atoms with Gasteiger partial charge in [0.05, 0.1) is 26.5 Å². The van der Waals surface area contributed by atoms with E-state index in [1.165, 1.54) is 26.4 Å². The predicted octanol–water partition coefficient (Wildman–Crippen LogP) is 2.68. The molecule has 0 aliphatic carbocycles. The molecule has 3 rings (SSSR count). The molecule has 1 aliphatic rings. The van der Waals surface area contributed by atoms with Crippen LogP contribution in [0.5, 0.6) is 11.5 Å². The molecule has 0 atom stereocenters. The number of para-hydroxylation sites is 1. The van der Waals surface area contributed by atoms with Gasteiger partial charge in [0.15, 0.2) is 0 Å². The van der Waals surface area contributed by atoms with Gasteiger partial charge in [0.25, 0.3) is 5.91 Å². The van der Waals surface area contributed by atoms with Crippen LogP contribution in [0.3, 0.4) is 0 Å². The number of carbonyl (C=O) groups is 2. The maximum atomic E-state index is 13.7. The van der Waals surface area contributed by atoms with Crippen LogP contribution in [0.1, 0.15) is 23.2 Å². The monoisotopic (exact) mass is 415 g/mol. The van der Waals surface area contributed by atoms with E-state index in [1.54, 1.807) is 30.3 Å². The quantitative estimate of drug-likeness (QED) is 0.727. The summed E-state index contributed by atoms with van der Waals surface area (Å²) in [7, 11) is 3.07. The fraction of sp³-hybridized carbons (Fsp3) is 0.364. The number of nitrogens with one attached hydrogen (secondary N) is 2. The Morgan fingerprint density at radius 3 is 2.30 bits per heavy atom. The van der Waals surface area contributed by atoms with Gasteiger partial charge in [-0.25, -0.2) is 4.39 Å². The van der Waals surface area contributed by atoms with Gasteiger partial charge in [0, 0.05) is 30.8 Å². The average molecular weight is 415 g/mol. The summed E-state index contributed by atoms with van der Waals surface area (Å²) in [4.78, 5) is 26.8. The molecule has 30 heavy (non-hydrogen) atoms. The summed E-state index contributed by atoms with van der Waals surface area (Å²) in [6, 6.07) is 11.1. The fourth-order valence-corrected chi connectivity index (χ4v) is 3.40. The molecule has 1 heterocycles. The first-order valence-electron chi connectivity index (χ1n) is 9.79. The number of halogens is 1. The first-order chi connectivity index (χ1) is 14.5. The number of hydrogen-bond acceptors (Lipinski definition) is 5. The van der Waals surface area contributed by atoms with Gasteiger partial charge in [0.2, 0.25) is 5.91 Å². The molecule has 2 N–H and O–H groups in total. The number of anilines is 1. The van der Waals surface area contributed by atoms with Crippen LogP contribution >= 0.6 is 0 Å². The molecule has 0 radical (unpaired) electrons. The minimum absolute atomic E-state index is 0.0144. The van der Waals surface area contributed by atoms with E-state index < -0.39 is 5.82 Å². The molecule has 0 unspecified atom stereocenters. The molecular formula is C22H26FN3O4. The maximum absolute atomic E-state index is 13.7. The molecule has 8 heteroatoms. The van der Waals surface area contributed by atoms with E-state index in [4.69, 9.17) is 9.47 Å². The number of rotatable bonds is 7. The molecule has 0 bridgehead atoms. The summed E-state index contributed by atoms with van der Waals surface area (Å²) >= 11 is 0. The summed E-state index contributed by atoms with van der Waals surface area (Å²) in [5.41, 5.74) is 0.649. The van der Waals surface area contributed by atoms with Crippen molar-refractivity contribution in [3.8, 4) is 11.5 Å². The van der Waals surface area contributed by atoms with Crippen molar-refractivity contribution in [3.63, 3.8) is 0 Å². The standard InChI is InChI=1S/C22H26FN3O4/c1-29-17-11-15(12-18(13-17)30-2)22(28)24-16-7-9-26(10-8-16)14-21(27)25-20-6-4-3-5-19(20)23/h3-6,11-13,16H,7-10,14H2,1-2H3,(H,24,28)(H,25,27). The number of nitrogens with zero attached hydrogens (tertiary/aromatic N) is 1. The lowest BCUT2D eigenvalue weighted by atomic mass is 10.0.